The van der Waals surface area contributed by atoms with Gasteiger partial charge in [-0.3, -0.25) is 9.80 Å². The number of halogens is 3. The highest BCUT2D eigenvalue weighted by molar-refractivity contribution is 6.33. The average molecular weight is 458 g/mol. The van der Waals surface area contributed by atoms with Crippen LogP contribution in [0.2, 0.25) is 10.0 Å². The Kier molecular flexibility index (Phi) is 7.68. The number of rotatable bonds is 6. The molecule has 0 aliphatic carbocycles. The molecule has 1 aliphatic rings. The van der Waals surface area contributed by atoms with Crippen molar-refractivity contribution in [1.29, 1.82) is 0 Å². The number of hydrogen-bond acceptors (Lipinski definition) is 4. The molecule has 1 fully saturated rings. The molecule has 5 nitrogen and oxygen atoms in total. The topological polar surface area (TPSA) is 51.9 Å². The molecule has 2 heterocycles. The van der Waals surface area contributed by atoms with Crippen LogP contribution in [0.15, 0.2) is 36.4 Å². The lowest BCUT2D eigenvalue weighted by Crippen LogP contribution is -3.00. The minimum atomic E-state index is -0.477. The first-order valence-corrected chi connectivity index (χ1v) is 10.4. The highest BCUT2D eigenvalue weighted by atomic mass is 35.5. The van der Waals surface area contributed by atoms with Gasteiger partial charge in [-0.25, -0.2) is 0 Å². The van der Waals surface area contributed by atoms with E-state index in [0.717, 1.165) is 54.5 Å². The molecule has 0 saturated carbocycles. The monoisotopic (exact) mass is 456 g/mol. The summed E-state index contributed by atoms with van der Waals surface area (Å²) in [6, 6.07) is 11.7. The van der Waals surface area contributed by atoms with Gasteiger partial charge in [-0.1, -0.05) is 23.2 Å². The normalized spacial score (nSPS) is 17.0. The van der Waals surface area contributed by atoms with Crippen molar-refractivity contribution in [3.8, 4) is 0 Å². The van der Waals surface area contributed by atoms with E-state index in [1.54, 1.807) is 0 Å². The maximum Gasteiger partial charge on any atom is 0.0845 e. The third kappa shape index (κ3) is 5.00. The van der Waals surface area contributed by atoms with Crippen molar-refractivity contribution < 1.29 is 22.6 Å². The summed E-state index contributed by atoms with van der Waals surface area (Å²) in [6.45, 7) is 5.76. The highest BCUT2D eigenvalue weighted by Crippen LogP contribution is 2.33. The molecule has 2 N–H and O–H groups in total. The van der Waals surface area contributed by atoms with Crippen LogP contribution >= 0.6 is 23.2 Å². The van der Waals surface area contributed by atoms with Gasteiger partial charge in [-0.2, -0.15) is 0 Å². The Morgan fingerprint density at radius 1 is 0.828 bits per heavy atom. The van der Waals surface area contributed by atoms with Gasteiger partial charge >= 0.3 is 0 Å². The second-order valence-electron chi connectivity index (χ2n) is 7.45. The molecule has 0 radical (unpaired) electrons. The van der Waals surface area contributed by atoms with E-state index in [-0.39, 0.29) is 19.0 Å². The van der Waals surface area contributed by atoms with Gasteiger partial charge in [0.15, 0.2) is 0 Å². The molecule has 8 heteroatoms. The molecule has 1 unspecified atom stereocenters. The van der Waals surface area contributed by atoms with Gasteiger partial charge < -0.3 is 27.2 Å². The van der Waals surface area contributed by atoms with Crippen LogP contribution in [0.3, 0.4) is 0 Å². The third-order valence-electron chi connectivity index (χ3n) is 5.53. The van der Waals surface area contributed by atoms with E-state index < -0.39 is 6.10 Å². The zero-order valence-electron chi connectivity index (χ0n) is 16.1. The Hall–Kier alpha value is -1.05. The van der Waals surface area contributed by atoms with Crippen LogP contribution in [0, 0.1) is 0 Å². The van der Waals surface area contributed by atoms with Crippen molar-refractivity contribution in [1.82, 2.24) is 14.4 Å². The molecule has 29 heavy (non-hydrogen) atoms. The van der Waals surface area contributed by atoms with Gasteiger partial charge in [0.25, 0.3) is 0 Å². The minimum Gasteiger partial charge on any atom is -1.00 e. The quantitative estimate of drug-likeness (QED) is 0.550. The number of β-amino-alcohol motifs (C(OH)–C–C–N with tert-alkyl or cyclic N) is 2. The minimum absolute atomic E-state index is 0. The number of benzene rings is 2. The Morgan fingerprint density at radius 2 is 1.34 bits per heavy atom. The van der Waals surface area contributed by atoms with Gasteiger partial charge in [0.2, 0.25) is 0 Å². The van der Waals surface area contributed by atoms with E-state index in [4.69, 9.17) is 28.3 Å². The van der Waals surface area contributed by atoms with Crippen molar-refractivity contribution in [3.05, 3.63) is 46.4 Å². The van der Waals surface area contributed by atoms with Crippen LogP contribution in [0.4, 0.5) is 0 Å². The van der Waals surface area contributed by atoms with Crippen molar-refractivity contribution in [3.63, 3.8) is 0 Å². The highest BCUT2D eigenvalue weighted by Gasteiger charge is 2.20. The van der Waals surface area contributed by atoms with Crippen molar-refractivity contribution >= 4 is 45.0 Å². The lowest BCUT2D eigenvalue weighted by molar-refractivity contribution is -0.00000909. The molecule has 4 rings (SSSR count). The van der Waals surface area contributed by atoms with E-state index in [1.807, 2.05) is 36.4 Å². The van der Waals surface area contributed by atoms with Crippen LogP contribution < -0.4 is 12.4 Å². The maximum atomic E-state index is 10.8. The van der Waals surface area contributed by atoms with E-state index in [0.29, 0.717) is 23.1 Å². The van der Waals surface area contributed by atoms with Gasteiger partial charge in [-0.15, -0.1) is 0 Å². The van der Waals surface area contributed by atoms with E-state index in [2.05, 4.69) is 14.4 Å². The lowest BCUT2D eigenvalue weighted by atomic mass is 10.1. The molecule has 3 aromatic rings. The lowest BCUT2D eigenvalue weighted by Gasteiger charge is -2.35. The second kappa shape index (κ2) is 9.84. The molecule has 0 amide bonds. The van der Waals surface area contributed by atoms with Gasteiger partial charge in [0.1, 0.15) is 0 Å². The largest absolute Gasteiger partial charge is 1.00 e. The Morgan fingerprint density at radius 3 is 1.86 bits per heavy atom. The summed E-state index contributed by atoms with van der Waals surface area (Å²) >= 11 is 12.4. The predicted molar refractivity (Wildman–Crippen MR) is 115 cm³/mol. The van der Waals surface area contributed by atoms with E-state index >= 15 is 0 Å². The number of nitrogens with zero attached hydrogens (tertiary/aromatic N) is 3. The summed E-state index contributed by atoms with van der Waals surface area (Å²) in [5, 5.41) is 23.3. The van der Waals surface area contributed by atoms with Gasteiger partial charge in [-0.05, 0) is 36.4 Å². The average Bonchev–Trinajstić information content (AvgIpc) is 2.96. The summed E-state index contributed by atoms with van der Waals surface area (Å²) in [4.78, 5) is 4.55. The van der Waals surface area contributed by atoms with Crippen molar-refractivity contribution in [2.45, 2.75) is 12.6 Å². The standard InChI is InChI=1S/C21H25Cl2N3O2.ClH/c22-15-1-3-20-18(11-15)19-12-16(23)2-4-21(19)26(20)14-17(28)13-25-7-5-24(6-8-25)9-10-27;/h1-4,11-12,17,27-28H,5-10,13-14H2;1H/p-1. The summed E-state index contributed by atoms with van der Waals surface area (Å²) in [7, 11) is 0. The fourth-order valence-corrected chi connectivity index (χ4v) is 4.49. The van der Waals surface area contributed by atoms with Crippen molar-refractivity contribution in [2.75, 3.05) is 45.9 Å². The smallest absolute Gasteiger partial charge is 0.0845 e. The van der Waals surface area contributed by atoms with E-state index in [9.17, 15) is 5.11 Å². The summed E-state index contributed by atoms with van der Waals surface area (Å²) in [6.07, 6.45) is -0.477. The molecule has 0 bridgehead atoms. The molecule has 1 aliphatic heterocycles. The zero-order valence-corrected chi connectivity index (χ0v) is 18.3. The summed E-state index contributed by atoms with van der Waals surface area (Å²) in [5.41, 5.74) is 2.10. The van der Waals surface area contributed by atoms with Crippen molar-refractivity contribution in [2.24, 2.45) is 0 Å². The molecular weight excluding hydrogens is 433 g/mol. The third-order valence-corrected chi connectivity index (χ3v) is 6.00. The van der Waals surface area contributed by atoms with Crippen LogP contribution in [0.5, 0.6) is 0 Å². The first-order valence-electron chi connectivity index (χ1n) is 9.66. The van der Waals surface area contributed by atoms with Crippen LogP contribution in [0.1, 0.15) is 0 Å². The second-order valence-corrected chi connectivity index (χ2v) is 8.33. The summed E-state index contributed by atoms with van der Waals surface area (Å²) < 4.78 is 2.16. The number of aliphatic hydroxyl groups is 2. The fraction of sp³-hybridized carbons (Fsp3) is 0.429. The first kappa shape index (κ1) is 22.6. The maximum absolute atomic E-state index is 10.8. The molecular formula is C21H25Cl3N3O2-. The molecule has 1 atom stereocenters. The number of fused-ring (bicyclic) bond motifs is 3. The van der Waals surface area contributed by atoms with E-state index in [1.165, 1.54) is 0 Å². The number of aliphatic hydroxyl groups excluding tert-OH is 2. The Balaban J connectivity index is 0.00000240. The SMILES string of the molecule is OCCN1CCN(CC(O)Cn2c3ccc(Cl)cc3c3cc(Cl)ccc32)CC1.[Cl-]. The van der Waals surface area contributed by atoms with Crippen LogP contribution in [-0.4, -0.2) is 76.6 Å². The molecule has 0 spiro atoms. The molecule has 158 valence electrons. The van der Waals surface area contributed by atoms with Crippen LogP contribution in [-0.2, 0) is 6.54 Å². The molecule has 2 aromatic carbocycles. The first-order chi connectivity index (χ1) is 13.5. The molecule has 1 saturated heterocycles. The van der Waals surface area contributed by atoms with Gasteiger partial charge in [0, 0.05) is 71.1 Å². The number of hydrogen-bond donors (Lipinski definition) is 2. The number of piperazine rings is 1. The van der Waals surface area contributed by atoms with Crippen LogP contribution in [0.25, 0.3) is 21.8 Å². The zero-order chi connectivity index (χ0) is 19.7. The predicted octanol–water partition coefficient (Wildman–Crippen LogP) is 0.0761. The number of aromatic nitrogens is 1. The Labute approximate surface area is 186 Å². The molecule has 1 aromatic heterocycles. The fourth-order valence-electron chi connectivity index (χ4n) is 4.15. The van der Waals surface area contributed by atoms with Gasteiger partial charge in [0.05, 0.1) is 19.3 Å². The Bertz CT molecular complexity index is 911. The summed E-state index contributed by atoms with van der Waals surface area (Å²) in [5.74, 6) is 0.